The fourth-order valence-corrected chi connectivity index (χ4v) is 4.61. The Balaban J connectivity index is 1.93. The molecule has 0 saturated heterocycles. The van der Waals surface area contributed by atoms with Gasteiger partial charge >= 0.3 is 6.18 Å². The second-order valence-electron chi connectivity index (χ2n) is 7.64. The number of hydrogen-bond donors (Lipinski definition) is 1. The number of nitrogens with one attached hydrogen (secondary N) is 1. The van der Waals surface area contributed by atoms with Crippen molar-refractivity contribution in [2.75, 3.05) is 10.8 Å². The number of rotatable bonds is 7. The summed E-state index contributed by atoms with van der Waals surface area (Å²) in [6.45, 7) is 3.15. The van der Waals surface area contributed by atoms with Crippen LogP contribution in [0, 0.1) is 13.8 Å². The minimum atomic E-state index is -4.66. The quantitative estimate of drug-likeness (QED) is 0.531. The molecule has 0 unspecified atom stereocenters. The molecule has 3 aromatic rings. The Morgan fingerprint density at radius 1 is 0.909 bits per heavy atom. The molecule has 0 bridgehead atoms. The summed E-state index contributed by atoms with van der Waals surface area (Å²) < 4.78 is 67.1. The van der Waals surface area contributed by atoms with Gasteiger partial charge in [0.25, 0.3) is 10.0 Å². The van der Waals surface area contributed by atoms with Crippen LogP contribution < -0.4 is 9.62 Å². The van der Waals surface area contributed by atoms with E-state index in [2.05, 4.69) is 5.32 Å². The molecule has 3 aromatic carbocycles. The fourth-order valence-electron chi connectivity index (χ4n) is 3.20. The first-order valence-electron chi connectivity index (χ1n) is 10.1. The van der Waals surface area contributed by atoms with Crippen molar-refractivity contribution >= 4 is 21.6 Å². The maximum absolute atomic E-state index is 13.3. The smallest absolute Gasteiger partial charge is 0.350 e. The Labute approximate surface area is 190 Å². The number of anilines is 1. The number of nitrogens with zero attached hydrogens (tertiary/aromatic N) is 1. The first-order valence-corrected chi connectivity index (χ1v) is 11.5. The van der Waals surface area contributed by atoms with E-state index in [1.807, 2.05) is 25.1 Å². The van der Waals surface area contributed by atoms with Crippen LogP contribution in [0.25, 0.3) is 0 Å². The third-order valence-corrected chi connectivity index (χ3v) is 6.72. The number of alkyl halides is 3. The van der Waals surface area contributed by atoms with Crippen LogP contribution in [0.4, 0.5) is 18.9 Å². The van der Waals surface area contributed by atoms with Gasteiger partial charge in [0.2, 0.25) is 5.91 Å². The molecule has 0 aliphatic heterocycles. The predicted octanol–water partition coefficient (Wildman–Crippen LogP) is 4.83. The fraction of sp³-hybridized carbons (Fsp3) is 0.208. The Kier molecular flexibility index (Phi) is 7.12. The summed E-state index contributed by atoms with van der Waals surface area (Å²) in [4.78, 5) is 12.5. The zero-order chi connectivity index (χ0) is 24.2. The molecule has 3 rings (SSSR count). The van der Waals surface area contributed by atoms with E-state index in [-0.39, 0.29) is 17.1 Å². The number of benzene rings is 3. The molecule has 0 aromatic heterocycles. The van der Waals surface area contributed by atoms with Gasteiger partial charge in [0.05, 0.1) is 16.1 Å². The molecule has 0 aliphatic rings. The van der Waals surface area contributed by atoms with Crippen molar-refractivity contribution < 1.29 is 26.4 Å². The van der Waals surface area contributed by atoms with E-state index in [0.717, 1.165) is 34.9 Å². The molecule has 0 atom stereocenters. The summed E-state index contributed by atoms with van der Waals surface area (Å²) in [7, 11) is -4.31. The number of sulfonamides is 1. The van der Waals surface area contributed by atoms with Crippen LogP contribution in [0.3, 0.4) is 0 Å². The highest BCUT2D eigenvalue weighted by atomic mass is 32.2. The SMILES string of the molecule is Cc1ccc(S(=O)(=O)N(CC(=O)NCc2cccc(C)c2)c2cccc(C(F)(F)F)c2)cc1. The van der Waals surface area contributed by atoms with Gasteiger partial charge in [-0.1, -0.05) is 53.6 Å². The van der Waals surface area contributed by atoms with Crippen molar-refractivity contribution in [3.8, 4) is 0 Å². The van der Waals surface area contributed by atoms with E-state index < -0.39 is 34.2 Å². The van der Waals surface area contributed by atoms with E-state index in [4.69, 9.17) is 0 Å². The van der Waals surface area contributed by atoms with E-state index in [0.29, 0.717) is 4.31 Å². The average Bonchev–Trinajstić information content (AvgIpc) is 2.76. The van der Waals surface area contributed by atoms with Crippen LogP contribution in [0.2, 0.25) is 0 Å². The molecule has 0 fully saturated rings. The highest BCUT2D eigenvalue weighted by Crippen LogP contribution is 2.33. The molecule has 0 heterocycles. The largest absolute Gasteiger partial charge is 0.416 e. The van der Waals surface area contributed by atoms with Crippen molar-refractivity contribution in [3.63, 3.8) is 0 Å². The van der Waals surface area contributed by atoms with E-state index in [1.54, 1.807) is 25.1 Å². The highest BCUT2D eigenvalue weighted by molar-refractivity contribution is 7.92. The van der Waals surface area contributed by atoms with Gasteiger partial charge in [-0.3, -0.25) is 9.10 Å². The van der Waals surface area contributed by atoms with Gasteiger partial charge < -0.3 is 5.32 Å². The molecular formula is C24H23F3N2O3S. The maximum Gasteiger partial charge on any atom is 0.416 e. The van der Waals surface area contributed by atoms with E-state index in [9.17, 15) is 26.4 Å². The lowest BCUT2D eigenvalue weighted by atomic mass is 10.1. The van der Waals surface area contributed by atoms with Gasteiger partial charge in [0, 0.05) is 6.54 Å². The molecule has 0 radical (unpaired) electrons. The standard InChI is InChI=1S/C24H23F3N2O3S/c1-17-9-11-22(12-10-17)33(31,32)29(21-8-4-7-20(14-21)24(25,26)27)16-23(30)28-15-19-6-3-5-18(2)13-19/h3-14H,15-16H2,1-2H3,(H,28,30). The van der Waals surface area contributed by atoms with Crippen LogP contribution in [-0.2, 0) is 27.5 Å². The van der Waals surface area contributed by atoms with E-state index in [1.165, 1.54) is 18.2 Å². The Bertz CT molecular complexity index is 1240. The summed E-state index contributed by atoms with van der Waals surface area (Å²) >= 11 is 0. The van der Waals surface area contributed by atoms with Crippen molar-refractivity contribution in [2.45, 2.75) is 31.5 Å². The lowest BCUT2D eigenvalue weighted by Crippen LogP contribution is -2.40. The Hall–Kier alpha value is -3.33. The monoisotopic (exact) mass is 476 g/mol. The summed E-state index contributed by atoms with van der Waals surface area (Å²) in [5.41, 5.74) is 1.36. The topological polar surface area (TPSA) is 66.5 Å². The molecule has 174 valence electrons. The average molecular weight is 477 g/mol. The predicted molar refractivity (Wildman–Crippen MR) is 120 cm³/mol. The molecule has 9 heteroatoms. The molecule has 1 N–H and O–H groups in total. The van der Waals surface area contributed by atoms with E-state index >= 15 is 0 Å². The van der Waals surface area contributed by atoms with Crippen LogP contribution in [0.1, 0.15) is 22.3 Å². The molecule has 0 aliphatic carbocycles. The molecular weight excluding hydrogens is 453 g/mol. The maximum atomic E-state index is 13.3. The molecule has 0 spiro atoms. The van der Waals surface area contributed by atoms with Gasteiger partial charge in [0.15, 0.2) is 0 Å². The first-order chi connectivity index (χ1) is 15.5. The summed E-state index contributed by atoms with van der Waals surface area (Å²) in [6, 6.07) is 17.2. The van der Waals surface area contributed by atoms with Crippen LogP contribution in [0.15, 0.2) is 77.7 Å². The highest BCUT2D eigenvalue weighted by Gasteiger charge is 2.33. The number of aryl methyl sites for hydroxylation is 2. The summed E-state index contributed by atoms with van der Waals surface area (Å²) in [5, 5.41) is 2.64. The van der Waals surface area contributed by atoms with Gasteiger partial charge in [-0.2, -0.15) is 13.2 Å². The summed E-state index contributed by atoms with van der Waals surface area (Å²) in [6.07, 6.45) is -4.66. The van der Waals surface area contributed by atoms with Crippen molar-refractivity contribution in [3.05, 3.63) is 95.1 Å². The lowest BCUT2D eigenvalue weighted by molar-refractivity contribution is -0.137. The second kappa shape index (κ2) is 9.66. The third kappa shape index (κ3) is 6.13. The number of hydrogen-bond acceptors (Lipinski definition) is 3. The second-order valence-corrected chi connectivity index (χ2v) is 9.50. The zero-order valence-corrected chi connectivity index (χ0v) is 18.9. The summed E-state index contributed by atoms with van der Waals surface area (Å²) in [5.74, 6) is -0.649. The van der Waals surface area contributed by atoms with Crippen LogP contribution in [-0.4, -0.2) is 20.9 Å². The molecule has 33 heavy (non-hydrogen) atoms. The Morgan fingerprint density at radius 3 is 2.21 bits per heavy atom. The van der Waals surface area contributed by atoms with Crippen molar-refractivity contribution in [1.29, 1.82) is 0 Å². The van der Waals surface area contributed by atoms with Crippen LogP contribution in [0.5, 0.6) is 0 Å². The first kappa shape index (κ1) is 24.3. The molecule has 5 nitrogen and oxygen atoms in total. The van der Waals surface area contributed by atoms with Crippen LogP contribution >= 0.6 is 0 Å². The molecule has 1 amide bonds. The number of halogens is 3. The van der Waals surface area contributed by atoms with Gasteiger partial charge in [-0.05, 0) is 49.7 Å². The molecule has 0 saturated carbocycles. The van der Waals surface area contributed by atoms with Crippen molar-refractivity contribution in [2.24, 2.45) is 0 Å². The van der Waals surface area contributed by atoms with Gasteiger partial charge in [-0.15, -0.1) is 0 Å². The number of carbonyl (C=O) groups excluding carboxylic acids is 1. The number of carbonyl (C=O) groups is 1. The Morgan fingerprint density at radius 2 is 1.58 bits per heavy atom. The lowest BCUT2D eigenvalue weighted by Gasteiger charge is -2.25. The third-order valence-electron chi connectivity index (χ3n) is 4.93. The van der Waals surface area contributed by atoms with Crippen molar-refractivity contribution in [1.82, 2.24) is 5.32 Å². The minimum Gasteiger partial charge on any atom is -0.350 e. The number of amides is 1. The normalized spacial score (nSPS) is 11.8. The zero-order valence-electron chi connectivity index (χ0n) is 18.1. The minimum absolute atomic E-state index is 0.128. The van der Waals surface area contributed by atoms with Gasteiger partial charge in [-0.25, -0.2) is 8.42 Å². The van der Waals surface area contributed by atoms with Gasteiger partial charge in [0.1, 0.15) is 6.54 Å².